The quantitative estimate of drug-likeness (QED) is 0.157. The van der Waals surface area contributed by atoms with Crippen LogP contribution in [0.25, 0.3) is 11.1 Å². The van der Waals surface area contributed by atoms with Crippen LogP contribution in [0.2, 0.25) is 0 Å². The van der Waals surface area contributed by atoms with Crippen LogP contribution in [0, 0.1) is 5.92 Å². The third-order valence-electron chi connectivity index (χ3n) is 8.26. The zero-order valence-corrected chi connectivity index (χ0v) is 27.3. The standard InChI is InChI=1S/C37H46N4O6/c1-4-5-19-31(41-37(46)47-23-30-28-17-11-9-15-26(28)27-16-10-12-18-29(27)30)35(44)40-33(22-42)36(45)39-32(20-24(2)3)34(43)38-21-25-13-7-6-8-14-25/h6-18,24,30-33,42H,4-5,19-23H2,1-3H3,(H,38,43)(H,39,45)(H,40,44)(H,41,46)/t31?,32-,33-/m0/s1. The van der Waals surface area contributed by atoms with Gasteiger partial charge in [-0.25, -0.2) is 4.79 Å². The van der Waals surface area contributed by atoms with Crippen molar-refractivity contribution in [3.05, 3.63) is 95.6 Å². The molecule has 47 heavy (non-hydrogen) atoms. The average Bonchev–Trinajstić information content (AvgIpc) is 3.40. The second-order valence-electron chi connectivity index (χ2n) is 12.3. The lowest BCUT2D eigenvalue weighted by molar-refractivity contribution is -0.133. The molecule has 0 radical (unpaired) electrons. The molecule has 1 unspecified atom stereocenters. The van der Waals surface area contributed by atoms with Gasteiger partial charge in [-0.3, -0.25) is 14.4 Å². The smallest absolute Gasteiger partial charge is 0.407 e. The van der Waals surface area contributed by atoms with Crippen LogP contribution >= 0.6 is 0 Å². The minimum Gasteiger partial charge on any atom is -0.449 e. The Morgan fingerprint density at radius 2 is 1.32 bits per heavy atom. The van der Waals surface area contributed by atoms with Gasteiger partial charge in [-0.2, -0.15) is 0 Å². The van der Waals surface area contributed by atoms with E-state index in [2.05, 4.69) is 33.4 Å². The van der Waals surface area contributed by atoms with E-state index in [1.807, 2.05) is 87.5 Å². The lowest BCUT2D eigenvalue weighted by Crippen LogP contribution is -2.58. The van der Waals surface area contributed by atoms with Crippen molar-refractivity contribution in [1.82, 2.24) is 21.3 Å². The molecule has 0 aromatic heterocycles. The van der Waals surface area contributed by atoms with Crippen LogP contribution in [0.15, 0.2) is 78.9 Å². The van der Waals surface area contributed by atoms with Crippen molar-refractivity contribution in [2.24, 2.45) is 5.92 Å². The molecule has 4 rings (SSSR count). The molecule has 3 atom stereocenters. The second-order valence-corrected chi connectivity index (χ2v) is 12.3. The normalized spacial score (nSPS) is 13.9. The number of carbonyl (C=O) groups is 4. The third-order valence-corrected chi connectivity index (χ3v) is 8.26. The number of benzene rings is 3. The van der Waals surface area contributed by atoms with Gasteiger partial charge >= 0.3 is 6.09 Å². The number of unbranched alkanes of at least 4 members (excludes halogenated alkanes) is 1. The number of fused-ring (bicyclic) bond motifs is 3. The molecule has 3 aromatic rings. The molecule has 0 fully saturated rings. The van der Waals surface area contributed by atoms with E-state index < -0.39 is 42.6 Å². The largest absolute Gasteiger partial charge is 0.449 e. The first-order valence-electron chi connectivity index (χ1n) is 16.4. The molecule has 1 aliphatic rings. The first kappa shape index (κ1) is 35.2. The summed E-state index contributed by atoms with van der Waals surface area (Å²) in [6.07, 6.45) is 1.33. The van der Waals surface area contributed by atoms with Crippen LogP contribution in [0.1, 0.15) is 69.1 Å². The molecule has 1 aliphatic carbocycles. The molecule has 0 heterocycles. The fraction of sp³-hybridized carbons (Fsp3) is 0.405. The second kappa shape index (κ2) is 17.3. The van der Waals surface area contributed by atoms with Gasteiger partial charge < -0.3 is 31.1 Å². The molecular weight excluding hydrogens is 596 g/mol. The Morgan fingerprint density at radius 3 is 1.91 bits per heavy atom. The van der Waals surface area contributed by atoms with Gasteiger partial charge in [0.1, 0.15) is 24.7 Å². The number of ether oxygens (including phenoxy) is 1. The Morgan fingerprint density at radius 1 is 0.745 bits per heavy atom. The molecule has 0 bridgehead atoms. The van der Waals surface area contributed by atoms with E-state index in [0.717, 1.165) is 34.2 Å². The SMILES string of the molecule is CCCCC(NC(=O)OCC1c2ccccc2-c2ccccc21)C(=O)N[C@@H](CO)C(=O)N[C@@H](CC(C)C)C(=O)NCc1ccccc1. The highest BCUT2D eigenvalue weighted by molar-refractivity contribution is 5.94. The highest BCUT2D eigenvalue weighted by Gasteiger charge is 2.32. The number of alkyl carbamates (subject to hydrolysis) is 1. The first-order valence-corrected chi connectivity index (χ1v) is 16.4. The number of amides is 4. The van der Waals surface area contributed by atoms with E-state index in [1.54, 1.807) is 0 Å². The molecule has 0 aliphatic heterocycles. The predicted octanol–water partition coefficient (Wildman–Crippen LogP) is 4.41. The van der Waals surface area contributed by atoms with Gasteiger partial charge in [0, 0.05) is 12.5 Å². The van der Waals surface area contributed by atoms with Gasteiger partial charge in [-0.05, 0) is 46.6 Å². The van der Waals surface area contributed by atoms with Crippen molar-refractivity contribution in [3.8, 4) is 11.1 Å². The number of aliphatic hydroxyl groups excluding tert-OH is 1. The van der Waals surface area contributed by atoms with Crippen LogP contribution < -0.4 is 21.3 Å². The van der Waals surface area contributed by atoms with E-state index in [9.17, 15) is 24.3 Å². The van der Waals surface area contributed by atoms with Crippen LogP contribution in [0.5, 0.6) is 0 Å². The Bertz CT molecular complexity index is 1470. The lowest BCUT2D eigenvalue weighted by atomic mass is 9.98. The summed E-state index contributed by atoms with van der Waals surface area (Å²) in [6, 6.07) is 22.2. The van der Waals surface area contributed by atoms with Crippen LogP contribution in [0.3, 0.4) is 0 Å². The van der Waals surface area contributed by atoms with Crippen LogP contribution in [-0.2, 0) is 25.7 Å². The fourth-order valence-corrected chi connectivity index (χ4v) is 5.81. The minimum absolute atomic E-state index is 0.0878. The Balaban J connectivity index is 1.35. The molecular formula is C37H46N4O6. The van der Waals surface area contributed by atoms with Gasteiger partial charge in [0.05, 0.1) is 6.61 Å². The fourth-order valence-electron chi connectivity index (χ4n) is 5.81. The summed E-state index contributed by atoms with van der Waals surface area (Å²) in [6.45, 7) is 5.52. The maximum absolute atomic E-state index is 13.4. The molecule has 0 saturated carbocycles. The highest BCUT2D eigenvalue weighted by Crippen LogP contribution is 2.44. The molecule has 0 spiro atoms. The van der Waals surface area contributed by atoms with Gasteiger partial charge in [0.25, 0.3) is 0 Å². The average molecular weight is 643 g/mol. The van der Waals surface area contributed by atoms with Crippen molar-refractivity contribution < 1.29 is 29.0 Å². The number of hydrogen-bond donors (Lipinski definition) is 5. The predicted molar refractivity (Wildman–Crippen MR) is 180 cm³/mol. The summed E-state index contributed by atoms with van der Waals surface area (Å²) >= 11 is 0. The van der Waals surface area contributed by atoms with Crippen molar-refractivity contribution in [2.45, 2.75) is 77.0 Å². The van der Waals surface area contributed by atoms with E-state index in [-0.39, 0.29) is 24.3 Å². The van der Waals surface area contributed by atoms with Crippen molar-refractivity contribution in [1.29, 1.82) is 0 Å². The summed E-state index contributed by atoms with van der Waals surface area (Å²) in [4.78, 5) is 52.6. The number of nitrogens with one attached hydrogen (secondary N) is 4. The monoisotopic (exact) mass is 642 g/mol. The Kier molecular flexibility index (Phi) is 12.9. The molecule has 3 aromatic carbocycles. The maximum atomic E-state index is 13.4. The van der Waals surface area contributed by atoms with E-state index in [1.165, 1.54) is 0 Å². The number of carbonyl (C=O) groups excluding carboxylic acids is 4. The van der Waals surface area contributed by atoms with Crippen molar-refractivity contribution in [2.75, 3.05) is 13.2 Å². The number of aliphatic hydroxyl groups is 1. The molecule has 10 nitrogen and oxygen atoms in total. The third kappa shape index (κ3) is 9.65. The molecule has 10 heteroatoms. The minimum atomic E-state index is -1.33. The Labute approximate surface area is 276 Å². The molecule has 0 saturated heterocycles. The summed E-state index contributed by atoms with van der Waals surface area (Å²) in [5.41, 5.74) is 5.27. The lowest BCUT2D eigenvalue weighted by Gasteiger charge is -2.25. The van der Waals surface area contributed by atoms with Crippen LogP contribution in [0.4, 0.5) is 4.79 Å². The van der Waals surface area contributed by atoms with E-state index >= 15 is 0 Å². The molecule has 4 amide bonds. The van der Waals surface area contributed by atoms with Gasteiger partial charge in [-0.1, -0.05) is 112 Å². The van der Waals surface area contributed by atoms with E-state index in [0.29, 0.717) is 25.8 Å². The molecule has 250 valence electrons. The number of hydrogen-bond acceptors (Lipinski definition) is 6. The summed E-state index contributed by atoms with van der Waals surface area (Å²) in [5, 5.41) is 20.8. The number of rotatable bonds is 16. The van der Waals surface area contributed by atoms with Gasteiger partial charge in [-0.15, -0.1) is 0 Å². The van der Waals surface area contributed by atoms with E-state index in [4.69, 9.17) is 4.74 Å². The van der Waals surface area contributed by atoms with Gasteiger partial charge in [0.15, 0.2) is 0 Å². The Hall–Kier alpha value is -4.70. The maximum Gasteiger partial charge on any atom is 0.407 e. The zero-order chi connectivity index (χ0) is 33.8. The summed E-state index contributed by atoms with van der Waals surface area (Å²) < 4.78 is 5.65. The summed E-state index contributed by atoms with van der Waals surface area (Å²) in [5.74, 6) is -1.74. The first-order chi connectivity index (χ1) is 22.7. The van der Waals surface area contributed by atoms with Crippen LogP contribution in [-0.4, -0.2) is 60.3 Å². The highest BCUT2D eigenvalue weighted by atomic mass is 16.5. The van der Waals surface area contributed by atoms with Crippen molar-refractivity contribution >= 4 is 23.8 Å². The van der Waals surface area contributed by atoms with Crippen molar-refractivity contribution in [3.63, 3.8) is 0 Å². The topological polar surface area (TPSA) is 146 Å². The zero-order valence-electron chi connectivity index (χ0n) is 27.3. The van der Waals surface area contributed by atoms with Gasteiger partial charge in [0.2, 0.25) is 17.7 Å². The summed E-state index contributed by atoms with van der Waals surface area (Å²) in [7, 11) is 0. The molecule has 5 N–H and O–H groups in total.